The van der Waals surface area contributed by atoms with Gasteiger partial charge >= 0.3 is 0 Å². The van der Waals surface area contributed by atoms with Gasteiger partial charge in [-0.05, 0) is 25.8 Å². The third kappa shape index (κ3) is 3.93. The van der Waals surface area contributed by atoms with E-state index in [0.717, 1.165) is 44.4 Å². The zero-order chi connectivity index (χ0) is 13.5. The third-order valence-electron chi connectivity index (χ3n) is 3.77. The van der Waals surface area contributed by atoms with Gasteiger partial charge in [0.1, 0.15) is 5.82 Å². The average Bonchev–Trinajstić information content (AvgIpc) is 2.74. The standard InChI is InChI=1S/C14H27N5/c1-3-6-12(7-4-2)13-16-14(18-17-13)19-10-5-8-15-9-11-19/h12,15H,3-11H2,1-2H3,(H,16,17,18). The molecule has 5 heteroatoms. The maximum absolute atomic E-state index is 4.74. The van der Waals surface area contributed by atoms with Crippen molar-refractivity contribution >= 4 is 5.95 Å². The molecule has 1 aromatic rings. The fourth-order valence-corrected chi connectivity index (χ4v) is 2.75. The largest absolute Gasteiger partial charge is 0.338 e. The van der Waals surface area contributed by atoms with Gasteiger partial charge < -0.3 is 10.2 Å². The van der Waals surface area contributed by atoms with E-state index in [9.17, 15) is 0 Å². The van der Waals surface area contributed by atoms with Crippen LogP contribution in [0.4, 0.5) is 5.95 Å². The highest BCUT2D eigenvalue weighted by molar-refractivity contribution is 5.29. The lowest BCUT2D eigenvalue weighted by molar-refractivity contribution is 0.535. The maximum Gasteiger partial charge on any atom is 0.244 e. The number of aromatic amines is 1. The monoisotopic (exact) mass is 265 g/mol. The summed E-state index contributed by atoms with van der Waals surface area (Å²) < 4.78 is 0. The summed E-state index contributed by atoms with van der Waals surface area (Å²) in [7, 11) is 0. The zero-order valence-corrected chi connectivity index (χ0v) is 12.3. The van der Waals surface area contributed by atoms with Crippen LogP contribution in [0.5, 0.6) is 0 Å². The summed E-state index contributed by atoms with van der Waals surface area (Å²) in [5.41, 5.74) is 0. The van der Waals surface area contributed by atoms with E-state index < -0.39 is 0 Å². The highest BCUT2D eigenvalue weighted by atomic mass is 15.4. The summed E-state index contributed by atoms with van der Waals surface area (Å²) >= 11 is 0. The Morgan fingerprint density at radius 1 is 1.16 bits per heavy atom. The predicted molar refractivity (Wildman–Crippen MR) is 78.6 cm³/mol. The van der Waals surface area contributed by atoms with Crippen molar-refractivity contribution in [1.29, 1.82) is 0 Å². The fraction of sp³-hybridized carbons (Fsp3) is 0.857. The van der Waals surface area contributed by atoms with E-state index in [1.165, 1.54) is 25.7 Å². The molecule has 108 valence electrons. The summed E-state index contributed by atoms with van der Waals surface area (Å²) in [5.74, 6) is 2.51. The quantitative estimate of drug-likeness (QED) is 0.828. The Balaban J connectivity index is 2.03. The van der Waals surface area contributed by atoms with Gasteiger partial charge in [0.05, 0.1) is 0 Å². The van der Waals surface area contributed by atoms with E-state index in [0.29, 0.717) is 5.92 Å². The van der Waals surface area contributed by atoms with Crippen LogP contribution in [0.2, 0.25) is 0 Å². The SMILES string of the molecule is CCCC(CCC)c1nc(N2CCCNCC2)n[nH]1. The molecular formula is C14H27N5. The number of aromatic nitrogens is 3. The van der Waals surface area contributed by atoms with Gasteiger partial charge in [0, 0.05) is 25.6 Å². The van der Waals surface area contributed by atoms with Gasteiger partial charge in [-0.25, -0.2) is 0 Å². The van der Waals surface area contributed by atoms with E-state index in [-0.39, 0.29) is 0 Å². The molecule has 0 saturated carbocycles. The Labute approximate surface area is 116 Å². The van der Waals surface area contributed by atoms with Crippen molar-refractivity contribution in [3.63, 3.8) is 0 Å². The van der Waals surface area contributed by atoms with E-state index in [1.54, 1.807) is 0 Å². The number of hydrogen-bond acceptors (Lipinski definition) is 4. The molecule has 0 atom stereocenters. The second-order valence-corrected chi connectivity index (χ2v) is 5.39. The number of anilines is 1. The van der Waals surface area contributed by atoms with Crippen molar-refractivity contribution in [3.8, 4) is 0 Å². The first kappa shape index (κ1) is 14.3. The molecule has 0 bridgehead atoms. The van der Waals surface area contributed by atoms with Crippen molar-refractivity contribution < 1.29 is 0 Å². The van der Waals surface area contributed by atoms with Crippen LogP contribution in [0.1, 0.15) is 57.7 Å². The first-order chi connectivity index (χ1) is 9.35. The van der Waals surface area contributed by atoms with Gasteiger partial charge in [-0.15, -0.1) is 5.10 Å². The second-order valence-electron chi connectivity index (χ2n) is 5.39. The summed E-state index contributed by atoms with van der Waals surface area (Å²) in [4.78, 5) is 7.03. The number of rotatable bonds is 6. The second kappa shape index (κ2) is 7.48. The molecule has 1 saturated heterocycles. The molecule has 0 aliphatic carbocycles. The van der Waals surface area contributed by atoms with Crippen molar-refractivity contribution in [3.05, 3.63) is 5.82 Å². The van der Waals surface area contributed by atoms with Crippen molar-refractivity contribution in [2.75, 3.05) is 31.1 Å². The number of nitrogens with zero attached hydrogens (tertiary/aromatic N) is 3. The molecule has 2 rings (SSSR count). The molecule has 0 radical (unpaired) electrons. The molecule has 1 aliphatic rings. The van der Waals surface area contributed by atoms with Gasteiger partial charge in [-0.1, -0.05) is 26.7 Å². The van der Waals surface area contributed by atoms with Gasteiger partial charge in [-0.2, -0.15) is 4.98 Å². The minimum atomic E-state index is 0.543. The molecule has 0 unspecified atom stereocenters. The molecule has 0 amide bonds. The van der Waals surface area contributed by atoms with Crippen molar-refractivity contribution in [2.45, 2.75) is 51.9 Å². The Bertz CT molecular complexity index is 332. The van der Waals surface area contributed by atoms with Gasteiger partial charge in [-0.3, -0.25) is 5.10 Å². The zero-order valence-electron chi connectivity index (χ0n) is 12.3. The molecule has 0 aromatic carbocycles. The Kier molecular flexibility index (Phi) is 5.63. The molecule has 1 fully saturated rings. The molecule has 0 spiro atoms. The molecular weight excluding hydrogens is 238 g/mol. The van der Waals surface area contributed by atoms with E-state index in [4.69, 9.17) is 4.98 Å². The molecule has 2 heterocycles. The number of nitrogens with one attached hydrogen (secondary N) is 2. The molecule has 2 N–H and O–H groups in total. The van der Waals surface area contributed by atoms with Crippen LogP contribution >= 0.6 is 0 Å². The van der Waals surface area contributed by atoms with Gasteiger partial charge in [0.25, 0.3) is 0 Å². The summed E-state index contributed by atoms with van der Waals surface area (Å²) in [6.45, 7) is 8.65. The van der Waals surface area contributed by atoms with Crippen LogP contribution < -0.4 is 10.2 Å². The highest BCUT2D eigenvalue weighted by Crippen LogP contribution is 2.24. The first-order valence-electron chi connectivity index (χ1n) is 7.73. The number of hydrogen-bond donors (Lipinski definition) is 2. The topological polar surface area (TPSA) is 56.8 Å². The minimum absolute atomic E-state index is 0.543. The molecule has 19 heavy (non-hydrogen) atoms. The maximum atomic E-state index is 4.74. The Hall–Kier alpha value is -1.10. The molecule has 1 aliphatic heterocycles. The van der Waals surface area contributed by atoms with E-state index >= 15 is 0 Å². The Morgan fingerprint density at radius 3 is 2.68 bits per heavy atom. The smallest absolute Gasteiger partial charge is 0.244 e. The van der Waals surface area contributed by atoms with E-state index in [1.807, 2.05) is 0 Å². The summed E-state index contributed by atoms with van der Waals surface area (Å²) in [5, 5.41) is 11.0. The van der Waals surface area contributed by atoms with Crippen molar-refractivity contribution in [1.82, 2.24) is 20.5 Å². The molecule has 1 aromatic heterocycles. The van der Waals surface area contributed by atoms with Crippen LogP contribution in [0.3, 0.4) is 0 Å². The van der Waals surface area contributed by atoms with Crippen LogP contribution in [0.15, 0.2) is 0 Å². The van der Waals surface area contributed by atoms with E-state index in [2.05, 4.69) is 34.3 Å². The summed E-state index contributed by atoms with van der Waals surface area (Å²) in [6, 6.07) is 0. The normalized spacial score (nSPS) is 16.9. The number of H-pyrrole nitrogens is 1. The lowest BCUT2D eigenvalue weighted by Gasteiger charge is -2.17. The lowest BCUT2D eigenvalue weighted by Crippen LogP contribution is -2.28. The summed E-state index contributed by atoms with van der Waals surface area (Å²) in [6.07, 6.45) is 5.97. The van der Waals surface area contributed by atoms with Crippen LogP contribution in [-0.2, 0) is 0 Å². The highest BCUT2D eigenvalue weighted by Gasteiger charge is 2.18. The fourth-order valence-electron chi connectivity index (χ4n) is 2.75. The van der Waals surface area contributed by atoms with Crippen LogP contribution in [-0.4, -0.2) is 41.4 Å². The van der Waals surface area contributed by atoms with Crippen molar-refractivity contribution in [2.24, 2.45) is 0 Å². The Morgan fingerprint density at radius 2 is 1.95 bits per heavy atom. The van der Waals surface area contributed by atoms with Gasteiger partial charge in [0.15, 0.2) is 0 Å². The molecule has 5 nitrogen and oxygen atoms in total. The third-order valence-corrected chi connectivity index (χ3v) is 3.77. The van der Waals surface area contributed by atoms with Crippen LogP contribution in [0.25, 0.3) is 0 Å². The first-order valence-corrected chi connectivity index (χ1v) is 7.73. The van der Waals surface area contributed by atoms with Gasteiger partial charge in [0.2, 0.25) is 5.95 Å². The predicted octanol–water partition coefficient (Wildman–Crippen LogP) is 2.29. The lowest BCUT2D eigenvalue weighted by atomic mass is 9.98. The van der Waals surface area contributed by atoms with Crippen LogP contribution in [0, 0.1) is 0 Å². The minimum Gasteiger partial charge on any atom is -0.338 e. The average molecular weight is 265 g/mol.